The lowest BCUT2D eigenvalue weighted by Gasteiger charge is -2.18. The van der Waals surface area contributed by atoms with Crippen LogP contribution in [-0.2, 0) is 9.09 Å². The van der Waals surface area contributed by atoms with Crippen LogP contribution in [0.1, 0.15) is 38.5 Å². The van der Waals surface area contributed by atoms with Gasteiger partial charge in [0.25, 0.3) is 0 Å². The molecule has 0 aliphatic carbocycles. The van der Waals surface area contributed by atoms with Crippen LogP contribution in [0, 0.1) is 20.8 Å². The topological polar surface area (TPSA) is 43.4 Å². The van der Waals surface area contributed by atoms with E-state index in [-0.39, 0.29) is 12.4 Å². The van der Waals surface area contributed by atoms with Crippen molar-refractivity contribution in [2.75, 3.05) is 6.61 Å². The SMILES string of the molecule is Cc1cc(C)c(C(=O)C(CO[PH2]=O)c2ccccc2)c(C)c1. The molecule has 0 aliphatic heterocycles. The van der Waals surface area contributed by atoms with Gasteiger partial charge in [0.2, 0.25) is 0 Å². The van der Waals surface area contributed by atoms with E-state index in [0.29, 0.717) is 0 Å². The van der Waals surface area contributed by atoms with E-state index in [1.807, 2.05) is 63.2 Å². The zero-order valence-electron chi connectivity index (χ0n) is 13.1. The van der Waals surface area contributed by atoms with Crippen LogP contribution < -0.4 is 0 Å². The first-order valence-corrected chi connectivity index (χ1v) is 8.21. The van der Waals surface area contributed by atoms with Crippen molar-refractivity contribution in [1.82, 2.24) is 0 Å². The summed E-state index contributed by atoms with van der Waals surface area (Å²) in [5, 5.41) is 0. The summed E-state index contributed by atoms with van der Waals surface area (Å²) in [7, 11) is -1.32. The first-order valence-electron chi connectivity index (χ1n) is 7.27. The minimum atomic E-state index is -1.32. The summed E-state index contributed by atoms with van der Waals surface area (Å²) in [6, 6.07) is 13.6. The van der Waals surface area contributed by atoms with Crippen molar-refractivity contribution < 1.29 is 13.9 Å². The largest absolute Gasteiger partial charge is 0.331 e. The van der Waals surface area contributed by atoms with Crippen LogP contribution in [0.15, 0.2) is 42.5 Å². The normalized spacial score (nSPS) is 12.7. The van der Waals surface area contributed by atoms with Gasteiger partial charge in [0.1, 0.15) is 0 Å². The van der Waals surface area contributed by atoms with Crippen molar-refractivity contribution in [2.45, 2.75) is 26.7 Å². The molecular weight excluding hydrogens is 295 g/mol. The maximum atomic E-state index is 13.0. The van der Waals surface area contributed by atoms with Crippen molar-refractivity contribution in [2.24, 2.45) is 0 Å². The lowest BCUT2D eigenvalue weighted by atomic mass is 9.86. The van der Waals surface area contributed by atoms with Gasteiger partial charge in [0, 0.05) is 5.56 Å². The van der Waals surface area contributed by atoms with E-state index < -0.39 is 14.6 Å². The maximum absolute atomic E-state index is 13.0. The van der Waals surface area contributed by atoms with E-state index in [2.05, 4.69) is 0 Å². The molecule has 0 radical (unpaired) electrons. The number of Topliss-reactive ketones (excluding diaryl/α,β-unsaturated/α-hetero) is 1. The Morgan fingerprint density at radius 2 is 1.68 bits per heavy atom. The van der Waals surface area contributed by atoms with Gasteiger partial charge in [-0.15, -0.1) is 0 Å². The third-order valence-corrected chi connectivity index (χ3v) is 4.10. The second kappa shape index (κ2) is 7.53. The molecule has 0 amide bonds. The van der Waals surface area contributed by atoms with Crippen LogP contribution in [-0.4, -0.2) is 12.4 Å². The summed E-state index contributed by atoms with van der Waals surface area (Å²) in [5.41, 5.74) is 4.71. The second-order valence-corrected chi connectivity index (χ2v) is 6.06. The minimum Gasteiger partial charge on any atom is -0.331 e. The third kappa shape index (κ3) is 3.73. The highest BCUT2D eigenvalue weighted by molar-refractivity contribution is 7.17. The molecule has 116 valence electrons. The van der Waals surface area contributed by atoms with Crippen LogP contribution in [0.25, 0.3) is 0 Å². The zero-order valence-corrected chi connectivity index (χ0v) is 14.3. The Morgan fingerprint density at radius 3 is 2.23 bits per heavy atom. The number of benzene rings is 2. The molecule has 3 nitrogen and oxygen atoms in total. The molecule has 2 atom stereocenters. The predicted molar refractivity (Wildman–Crippen MR) is 90.5 cm³/mol. The summed E-state index contributed by atoms with van der Waals surface area (Å²) in [5.74, 6) is -0.406. The average molecular weight is 316 g/mol. The molecule has 22 heavy (non-hydrogen) atoms. The number of aryl methyl sites for hydroxylation is 3. The van der Waals surface area contributed by atoms with E-state index in [1.54, 1.807) is 0 Å². The van der Waals surface area contributed by atoms with Crippen molar-refractivity contribution in [3.8, 4) is 0 Å². The summed E-state index contributed by atoms with van der Waals surface area (Å²) in [6.45, 7) is 6.07. The van der Waals surface area contributed by atoms with Crippen molar-refractivity contribution in [3.05, 3.63) is 70.3 Å². The predicted octanol–water partition coefficient (Wildman–Crippen LogP) is 4.27. The monoisotopic (exact) mass is 316 g/mol. The Balaban J connectivity index is 2.44. The molecule has 0 saturated carbocycles. The lowest BCUT2D eigenvalue weighted by Crippen LogP contribution is -2.19. The van der Waals surface area contributed by atoms with E-state index in [9.17, 15) is 9.36 Å². The van der Waals surface area contributed by atoms with Gasteiger partial charge in [-0.3, -0.25) is 9.36 Å². The first kappa shape index (κ1) is 16.7. The van der Waals surface area contributed by atoms with E-state index in [0.717, 1.165) is 27.8 Å². The molecular formula is C18H21O3P. The number of carbonyl (C=O) groups excluding carboxylic acids is 1. The Kier molecular flexibility index (Phi) is 5.70. The van der Waals surface area contributed by atoms with Crippen LogP contribution in [0.5, 0.6) is 0 Å². The molecule has 0 fully saturated rings. The fourth-order valence-electron chi connectivity index (χ4n) is 2.89. The molecule has 0 aromatic heterocycles. The third-order valence-electron chi connectivity index (χ3n) is 3.77. The Morgan fingerprint density at radius 1 is 1.09 bits per heavy atom. The van der Waals surface area contributed by atoms with E-state index in [4.69, 9.17) is 4.52 Å². The van der Waals surface area contributed by atoms with Crippen LogP contribution >= 0.6 is 8.69 Å². The van der Waals surface area contributed by atoms with Crippen LogP contribution in [0.4, 0.5) is 0 Å². The Labute approximate surface area is 132 Å². The minimum absolute atomic E-state index is 0.0223. The Hall–Kier alpha value is -1.70. The molecule has 0 aliphatic rings. The molecule has 2 unspecified atom stereocenters. The summed E-state index contributed by atoms with van der Waals surface area (Å²) >= 11 is 0. The van der Waals surface area contributed by atoms with Crippen molar-refractivity contribution in [1.29, 1.82) is 0 Å². The van der Waals surface area contributed by atoms with E-state index in [1.165, 1.54) is 0 Å². The van der Waals surface area contributed by atoms with Crippen molar-refractivity contribution in [3.63, 3.8) is 0 Å². The highest BCUT2D eigenvalue weighted by Crippen LogP contribution is 2.27. The van der Waals surface area contributed by atoms with Crippen molar-refractivity contribution >= 4 is 14.5 Å². The lowest BCUT2D eigenvalue weighted by molar-refractivity contribution is 0.0933. The summed E-state index contributed by atoms with van der Waals surface area (Å²) in [4.78, 5) is 13.0. The van der Waals surface area contributed by atoms with Gasteiger partial charge < -0.3 is 4.52 Å². The maximum Gasteiger partial charge on any atom is 0.179 e. The standard InChI is InChI=1S/C18H21O3P/c1-12-9-13(2)17(14(3)10-12)18(19)16(11-21-22-20)15-7-5-4-6-8-15/h4-10,16H,11,22H2,1-3H3. The zero-order chi connectivity index (χ0) is 16.1. The number of rotatable bonds is 6. The van der Waals surface area contributed by atoms with Gasteiger partial charge >= 0.3 is 0 Å². The number of hydrogen-bond acceptors (Lipinski definition) is 3. The fraction of sp³-hybridized carbons (Fsp3) is 0.278. The van der Waals surface area contributed by atoms with Gasteiger partial charge in [0.05, 0.1) is 12.5 Å². The number of hydrogen-bond donors (Lipinski definition) is 0. The number of carbonyl (C=O) groups is 1. The summed E-state index contributed by atoms with van der Waals surface area (Å²) < 4.78 is 15.9. The Bertz CT molecular complexity index is 657. The highest BCUT2D eigenvalue weighted by atomic mass is 31.1. The van der Waals surface area contributed by atoms with Crippen LogP contribution in [0.3, 0.4) is 0 Å². The van der Waals surface area contributed by atoms with Gasteiger partial charge in [-0.1, -0.05) is 48.0 Å². The van der Waals surface area contributed by atoms with Gasteiger partial charge in [-0.05, 0) is 37.5 Å². The fourth-order valence-corrected chi connectivity index (χ4v) is 3.16. The van der Waals surface area contributed by atoms with Gasteiger partial charge in [-0.2, -0.15) is 0 Å². The molecule has 0 N–H and O–H groups in total. The molecule has 2 aromatic carbocycles. The average Bonchev–Trinajstić information content (AvgIpc) is 2.47. The molecule has 0 spiro atoms. The van der Waals surface area contributed by atoms with Gasteiger partial charge in [0.15, 0.2) is 14.5 Å². The molecule has 4 heteroatoms. The molecule has 0 bridgehead atoms. The molecule has 2 rings (SSSR count). The quantitative estimate of drug-likeness (QED) is 0.590. The highest BCUT2D eigenvalue weighted by Gasteiger charge is 2.25. The second-order valence-electron chi connectivity index (χ2n) is 5.53. The molecule has 0 heterocycles. The summed E-state index contributed by atoms with van der Waals surface area (Å²) in [6.07, 6.45) is 0. The van der Waals surface area contributed by atoms with E-state index >= 15 is 0 Å². The van der Waals surface area contributed by atoms with Crippen LogP contribution in [0.2, 0.25) is 0 Å². The first-order chi connectivity index (χ1) is 10.5. The molecule has 0 saturated heterocycles. The van der Waals surface area contributed by atoms with Gasteiger partial charge in [-0.25, -0.2) is 0 Å². The number of ketones is 1. The molecule has 2 aromatic rings. The smallest absolute Gasteiger partial charge is 0.179 e.